The van der Waals surface area contributed by atoms with E-state index in [4.69, 9.17) is 0 Å². The summed E-state index contributed by atoms with van der Waals surface area (Å²) in [7, 11) is 0. The molecule has 2 heterocycles. The van der Waals surface area contributed by atoms with Crippen molar-refractivity contribution in [1.82, 2.24) is 15.2 Å². The highest BCUT2D eigenvalue weighted by Gasteiger charge is 2.38. The molecular formula is C20H25N3O3S. The molecule has 0 aliphatic carbocycles. The molecule has 1 aromatic carbocycles. The van der Waals surface area contributed by atoms with E-state index in [0.717, 1.165) is 21.7 Å². The molecule has 1 saturated heterocycles. The van der Waals surface area contributed by atoms with Crippen LogP contribution in [0, 0.1) is 6.92 Å². The van der Waals surface area contributed by atoms with Crippen LogP contribution in [0.2, 0.25) is 0 Å². The van der Waals surface area contributed by atoms with Gasteiger partial charge in [0.1, 0.15) is 6.04 Å². The minimum Gasteiger partial charge on any atom is -0.391 e. The monoisotopic (exact) mass is 387 g/mol. The van der Waals surface area contributed by atoms with Gasteiger partial charge >= 0.3 is 0 Å². The van der Waals surface area contributed by atoms with Gasteiger partial charge in [-0.2, -0.15) is 0 Å². The van der Waals surface area contributed by atoms with E-state index >= 15 is 0 Å². The number of thiazole rings is 1. The number of hydrogen-bond donors (Lipinski definition) is 2. The third-order valence-corrected chi connectivity index (χ3v) is 5.96. The Morgan fingerprint density at radius 1 is 1.37 bits per heavy atom. The van der Waals surface area contributed by atoms with Gasteiger partial charge < -0.3 is 15.3 Å². The standard InChI is InChI=1S/C20H25N3O3S/c1-4-18(25)23-10-16(24)9-17(23)20(26)22-12(2)14-5-7-15(8-6-14)19-13(3)21-11-27-19/h5-8,11-12,16-17,24H,4,9-10H2,1-3H3,(H,22,26)/t12?,16-,17?/m1/s1. The number of benzene rings is 1. The summed E-state index contributed by atoms with van der Waals surface area (Å²) < 4.78 is 0. The second-order valence-corrected chi connectivity index (χ2v) is 7.78. The van der Waals surface area contributed by atoms with E-state index in [-0.39, 0.29) is 30.8 Å². The molecule has 2 N–H and O–H groups in total. The zero-order valence-corrected chi connectivity index (χ0v) is 16.6. The van der Waals surface area contributed by atoms with Gasteiger partial charge in [0.15, 0.2) is 0 Å². The van der Waals surface area contributed by atoms with E-state index in [0.29, 0.717) is 6.42 Å². The number of aromatic nitrogens is 1. The molecule has 27 heavy (non-hydrogen) atoms. The third-order valence-electron chi connectivity index (χ3n) is 4.98. The molecule has 7 heteroatoms. The second kappa shape index (κ2) is 8.19. The lowest BCUT2D eigenvalue weighted by molar-refractivity contribution is -0.138. The summed E-state index contributed by atoms with van der Waals surface area (Å²) in [6, 6.07) is 7.27. The average Bonchev–Trinajstić information content (AvgIpc) is 3.26. The van der Waals surface area contributed by atoms with Crippen LogP contribution >= 0.6 is 11.3 Å². The van der Waals surface area contributed by atoms with Gasteiger partial charge in [-0.1, -0.05) is 31.2 Å². The number of rotatable bonds is 5. The molecule has 1 aliphatic heterocycles. The number of aliphatic hydroxyl groups excluding tert-OH is 1. The molecule has 0 saturated carbocycles. The SMILES string of the molecule is CCC(=O)N1C[C@H](O)CC1C(=O)NC(C)c1ccc(-c2scnc2C)cc1. The molecule has 2 amide bonds. The largest absolute Gasteiger partial charge is 0.391 e. The highest BCUT2D eigenvalue weighted by molar-refractivity contribution is 7.13. The van der Waals surface area contributed by atoms with E-state index in [1.165, 1.54) is 4.90 Å². The molecule has 0 spiro atoms. The lowest BCUT2D eigenvalue weighted by Crippen LogP contribution is -2.46. The van der Waals surface area contributed by atoms with Gasteiger partial charge in [0.2, 0.25) is 11.8 Å². The number of β-amino-alcohol motifs (C(OH)–C–C–N with tert-alkyl or cyclic N) is 1. The zero-order valence-electron chi connectivity index (χ0n) is 15.8. The highest BCUT2D eigenvalue weighted by Crippen LogP contribution is 2.28. The average molecular weight is 388 g/mol. The first-order chi connectivity index (χ1) is 12.9. The quantitative estimate of drug-likeness (QED) is 0.826. The van der Waals surface area contributed by atoms with E-state index in [1.54, 1.807) is 18.3 Å². The smallest absolute Gasteiger partial charge is 0.243 e. The summed E-state index contributed by atoms with van der Waals surface area (Å²) in [6.45, 7) is 5.89. The van der Waals surface area contributed by atoms with Crippen molar-refractivity contribution in [3.05, 3.63) is 41.0 Å². The number of carbonyl (C=O) groups excluding carboxylic acids is 2. The minimum absolute atomic E-state index is 0.108. The van der Waals surface area contributed by atoms with E-state index < -0.39 is 12.1 Å². The van der Waals surface area contributed by atoms with Crippen molar-refractivity contribution < 1.29 is 14.7 Å². The molecule has 0 bridgehead atoms. The second-order valence-electron chi connectivity index (χ2n) is 6.92. The maximum absolute atomic E-state index is 12.7. The molecule has 6 nitrogen and oxygen atoms in total. The van der Waals surface area contributed by atoms with Gasteiger partial charge in [-0.25, -0.2) is 4.98 Å². The van der Waals surface area contributed by atoms with E-state index in [2.05, 4.69) is 10.3 Å². The Bertz CT molecular complexity index is 818. The number of aryl methyl sites for hydroxylation is 1. The predicted molar refractivity (Wildman–Crippen MR) is 105 cm³/mol. The van der Waals surface area contributed by atoms with Gasteiger partial charge in [0.05, 0.1) is 28.2 Å². The molecule has 3 rings (SSSR count). The van der Waals surface area contributed by atoms with Gasteiger partial charge in [-0.05, 0) is 25.0 Å². The van der Waals surface area contributed by atoms with Crippen molar-refractivity contribution in [3.63, 3.8) is 0 Å². The fraction of sp³-hybridized carbons (Fsp3) is 0.450. The van der Waals surface area contributed by atoms with Crippen molar-refractivity contribution >= 4 is 23.2 Å². The van der Waals surface area contributed by atoms with Crippen molar-refractivity contribution in [2.45, 2.75) is 51.8 Å². The van der Waals surface area contributed by atoms with Crippen molar-refractivity contribution in [2.24, 2.45) is 0 Å². The van der Waals surface area contributed by atoms with Crippen LogP contribution in [0.15, 0.2) is 29.8 Å². The van der Waals surface area contributed by atoms with Crippen LogP contribution in [-0.2, 0) is 9.59 Å². The zero-order chi connectivity index (χ0) is 19.6. The van der Waals surface area contributed by atoms with Crippen LogP contribution < -0.4 is 5.32 Å². The summed E-state index contributed by atoms with van der Waals surface area (Å²) in [5.74, 6) is -0.327. The van der Waals surface area contributed by atoms with E-state index in [1.807, 2.05) is 43.6 Å². The molecule has 0 radical (unpaired) electrons. The molecular weight excluding hydrogens is 362 g/mol. The third kappa shape index (κ3) is 4.20. The maximum Gasteiger partial charge on any atom is 0.243 e. The first-order valence-electron chi connectivity index (χ1n) is 9.19. The number of nitrogens with one attached hydrogen (secondary N) is 1. The molecule has 1 fully saturated rings. The van der Waals surface area contributed by atoms with Crippen molar-refractivity contribution in [1.29, 1.82) is 0 Å². The van der Waals surface area contributed by atoms with Crippen LogP contribution in [-0.4, -0.2) is 45.5 Å². The normalized spacial score (nSPS) is 20.5. The number of amides is 2. The van der Waals surface area contributed by atoms with Gasteiger partial charge in [0.25, 0.3) is 0 Å². The fourth-order valence-corrected chi connectivity index (χ4v) is 4.25. The molecule has 3 atom stereocenters. The summed E-state index contributed by atoms with van der Waals surface area (Å²) >= 11 is 1.61. The number of carbonyl (C=O) groups is 2. The van der Waals surface area contributed by atoms with Crippen molar-refractivity contribution in [3.8, 4) is 10.4 Å². The Balaban J connectivity index is 1.67. The summed E-state index contributed by atoms with van der Waals surface area (Å²) in [6.07, 6.45) is -0.0354. The van der Waals surface area contributed by atoms with Gasteiger partial charge in [0, 0.05) is 19.4 Å². The van der Waals surface area contributed by atoms with Crippen LogP contribution in [0.3, 0.4) is 0 Å². The van der Waals surface area contributed by atoms with Crippen LogP contribution in [0.1, 0.15) is 44.0 Å². The fourth-order valence-electron chi connectivity index (χ4n) is 3.44. The first-order valence-corrected chi connectivity index (χ1v) is 10.1. The Hall–Kier alpha value is -2.25. The van der Waals surface area contributed by atoms with Crippen LogP contribution in [0.25, 0.3) is 10.4 Å². The lowest BCUT2D eigenvalue weighted by Gasteiger charge is -2.25. The summed E-state index contributed by atoms with van der Waals surface area (Å²) in [5, 5.41) is 12.9. The van der Waals surface area contributed by atoms with Gasteiger partial charge in [-0.15, -0.1) is 11.3 Å². The van der Waals surface area contributed by atoms with Crippen LogP contribution in [0.5, 0.6) is 0 Å². The Labute approximate surface area is 163 Å². The predicted octanol–water partition coefficient (Wildman–Crippen LogP) is 2.67. The molecule has 1 aliphatic rings. The molecule has 144 valence electrons. The van der Waals surface area contributed by atoms with E-state index in [9.17, 15) is 14.7 Å². The Morgan fingerprint density at radius 3 is 2.67 bits per heavy atom. The first kappa shape index (κ1) is 19.5. The van der Waals surface area contributed by atoms with Crippen LogP contribution in [0.4, 0.5) is 0 Å². The number of nitrogens with zero attached hydrogens (tertiary/aromatic N) is 2. The highest BCUT2D eigenvalue weighted by atomic mass is 32.1. The summed E-state index contributed by atoms with van der Waals surface area (Å²) in [4.78, 5) is 31.6. The molecule has 2 unspecified atom stereocenters. The van der Waals surface area contributed by atoms with Gasteiger partial charge in [-0.3, -0.25) is 9.59 Å². The minimum atomic E-state index is -0.645. The number of aliphatic hydroxyl groups is 1. The molecule has 2 aromatic rings. The maximum atomic E-state index is 12.7. The van der Waals surface area contributed by atoms with Crippen molar-refractivity contribution in [2.75, 3.05) is 6.54 Å². The number of hydrogen-bond acceptors (Lipinski definition) is 5. The molecule has 1 aromatic heterocycles. The Kier molecular flexibility index (Phi) is 5.92. The lowest BCUT2D eigenvalue weighted by atomic mass is 10.0. The summed E-state index contributed by atoms with van der Waals surface area (Å²) in [5.41, 5.74) is 4.94. The Morgan fingerprint density at radius 2 is 2.07 bits per heavy atom. The topological polar surface area (TPSA) is 82.5 Å². The number of likely N-dealkylation sites (tertiary alicyclic amines) is 1.